The third kappa shape index (κ3) is 5.16. The number of fused-ring (bicyclic) bond motifs is 1. The van der Waals surface area contributed by atoms with Crippen molar-refractivity contribution in [3.8, 4) is 11.5 Å². The highest BCUT2D eigenvalue weighted by atomic mass is 16.5. The molecule has 0 unspecified atom stereocenters. The highest BCUT2D eigenvalue weighted by Crippen LogP contribution is 2.26. The number of benzene rings is 2. The monoisotopic (exact) mass is 393 g/mol. The SMILES string of the molecule is CN1CCN(CCCOC(=O)c2cc3cc(Oc4ccccc4)ccc3[nH]2)CC1. The van der Waals surface area contributed by atoms with Crippen LogP contribution in [0.2, 0.25) is 0 Å². The Bertz CT molecular complexity index is 946. The predicted molar refractivity (Wildman–Crippen MR) is 114 cm³/mol. The van der Waals surface area contributed by atoms with Crippen LogP contribution >= 0.6 is 0 Å². The fourth-order valence-electron chi connectivity index (χ4n) is 3.51. The van der Waals surface area contributed by atoms with E-state index in [1.165, 1.54) is 0 Å². The minimum atomic E-state index is -0.315. The fraction of sp³-hybridized carbons (Fsp3) is 0.348. The molecule has 1 aliphatic heterocycles. The molecule has 0 atom stereocenters. The van der Waals surface area contributed by atoms with Gasteiger partial charge in [-0.25, -0.2) is 4.79 Å². The Kier molecular flexibility index (Phi) is 6.12. The van der Waals surface area contributed by atoms with Crippen molar-refractivity contribution in [1.82, 2.24) is 14.8 Å². The van der Waals surface area contributed by atoms with Crippen LogP contribution in [0.3, 0.4) is 0 Å². The van der Waals surface area contributed by atoms with E-state index in [0.29, 0.717) is 12.3 Å². The van der Waals surface area contributed by atoms with Crippen LogP contribution < -0.4 is 4.74 Å². The molecule has 6 heteroatoms. The van der Waals surface area contributed by atoms with Crippen molar-refractivity contribution in [3.63, 3.8) is 0 Å². The molecule has 0 spiro atoms. The maximum Gasteiger partial charge on any atom is 0.354 e. The molecule has 1 fully saturated rings. The molecule has 0 saturated carbocycles. The Morgan fingerprint density at radius 3 is 2.59 bits per heavy atom. The van der Waals surface area contributed by atoms with Gasteiger partial charge >= 0.3 is 5.97 Å². The van der Waals surface area contributed by atoms with Crippen LogP contribution in [-0.4, -0.2) is 67.1 Å². The van der Waals surface area contributed by atoms with Gasteiger partial charge in [-0.1, -0.05) is 18.2 Å². The van der Waals surface area contributed by atoms with Gasteiger partial charge < -0.3 is 24.3 Å². The number of carbonyl (C=O) groups excluding carboxylic acids is 1. The summed E-state index contributed by atoms with van der Waals surface area (Å²) in [5.74, 6) is 1.20. The molecule has 1 aromatic heterocycles. The first kappa shape index (κ1) is 19.5. The first-order chi connectivity index (χ1) is 14.2. The van der Waals surface area contributed by atoms with E-state index in [0.717, 1.165) is 61.5 Å². The fourth-order valence-corrected chi connectivity index (χ4v) is 3.51. The van der Waals surface area contributed by atoms with Crippen LogP contribution in [0.15, 0.2) is 54.6 Å². The third-order valence-corrected chi connectivity index (χ3v) is 5.24. The molecule has 152 valence electrons. The van der Waals surface area contributed by atoms with E-state index < -0.39 is 0 Å². The van der Waals surface area contributed by atoms with Crippen molar-refractivity contribution in [2.75, 3.05) is 46.4 Å². The summed E-state index contributed by atoms with van der Waals surface area (Å²) in [5.41, 5.74) is 1.35. The van der Waals surface area contributed by atoms with Crippen molar-refractivity contribution in [2.45, 2.75) is 6.42 Å². The summed E-state index contributed by atoms with van der Waals surface area (Å²) in [7, 11) is 2.15. The molecule has 0 aliphatic carbocycles. The lowest BCUT2D eigenvalue weighted by atomic mass is 10.2. The molecule has 0 amide bonds. The molecule has 1 N–H and O–H groups in total. The van der Waals surface area contributed by atoms with Crippen LogP contribution in [0.25, 0.3) is 10.9 Å². The number of piperazine rings is 1. The third-order valence-electron chi connectivity index (χ3n) is 5.24. The lowest BCUT2D eigenvalue weighted by Gasteiger charge is -2.32. The van der Waals surface area contributed by atoms with E-state index in [2.05, 4.69) is 21.8 Å². The van der Waals surface area contributed by atoms with E-state index in [9.17, 15) is 4.79 Å². The molecule has 1 aliphatic rings. The maximum atomic E-state index is 12.4. The Morgan fingerprint density at radius 1 is 1.00 bits per heavy atom. The van der Waals surface area contributed by atoms with Gasteiger partial charge in [-0.2, -0.15) is 0 Å². The Morgan fingerprint density at radius 2 is 1.79 bits per heavy atom. The second-order valence-corrected chi connectivity index (χ2v) is 7.48. The largest absolute Gasteiger partial charge is 0.461 e. The van der Waals surface area contributed by atoms with Gasteiger partial charge in [0, 0.05) is 43.6 Å². The highest BCUT2D eigenvalue weighted by molar-refractivity contribution is 5.95. The quantitative estimate of drug-likeness (QED) is 0.489. The molecule has 2 heterocycles. The molecule has 29 heavy (non-hydrogen) atoms. The number of aromatic nitrogens is 1. The average Bonchev–Trinajstić information content (AvgIpc) is 3.17. The average molecular weight is 393 g/mol. The topological polar surface area (TPSA) is 57.8 Å². The van der Waals surface area contributed by atoms with E-state index in [1.54, 1.807) is 0 Å². The molecule has 2 aromatic carbocycles. The normalized spacial score (nSPS) is 15.5. The van der Waals surface area contributed by atoms with Gasteiger partial charge in [-0.3, -0.25) is 0 Å². The molecule has 6 nitrogen and oxygen atoms in total. The summed E-state index contributed by atoms with van der Waals surface area (Å²) >= 11 is 0. The van der Waals surface area contributed by atoms with Gasteiger partial charge in [-0.15, -0.1) is 0 Å². The summed E-state index contributed by atoms with van der Waals surface area (Å²) in [5, 5.41) is 0.919. The summed E-state index contributed by atoms with van der Waals surface area (Å²) in [6, 6.07) is 17.2. The van der Waals surface area contributed by atoms with Gasteiger partial charge in [0.2, 0.25) is 0 Å². The Hall–Kier alpha value is -2.83. The van der Waals surface area contributed by atoms with Gasteiger partial charge in [0.25, 0.3) is 0 Å². The van der Waals surface area contributed by atoms with Crippen molar-refractivity contribution < 1.29 is 14.3 Å². The number of hydrogen-bond acceptors (Lipinski definition) is 5. The molecule has 4 rings (SSSR count). The molecule has 1 saturated heterocycles. The molecular formula is C23H27N3O3. The number of hydrogen-bond donors (Lipinski definition) is 1. The van der Waals surface area contributed by atoms with Gasteiger partial charge in [0.05, 0.1) is 6.61 Å². The number of H-pyrrole nitrogens is 1. The van der Waals surface area contributed by atoms with Crippen LogP contribution in [-0.2, 0) is 4.74 Å². The summed E-state index contributed by atoms with van der Waals surface area (Å²) in [4.78, 5) is 20.3. The number of carbonyl (C=O) groups is 1. The number of ether oxygens (including phenoxy) is 2. The molecule has 3 aromatic rings. The van der Waals surface area contributed by atoms with Crippen molar-refractivity contribution in [3.05, 3.63) is 60.3 Å². The van der Waals surface area contributed by atoms with Gasteiger partial charge in [0.15, 0.2) is 0 Å². The predicted octanol–water partition coefficient (Wildman–Crippen LogP) is 3.75. The first-order valence-corrected chi connectivity index (χ1v) is 10.1. The van der Waals surface area contributed by atoms with Crippen LogP contribution in [0.5, 0.6) is 11.5 Å². The molecular weight excluding hydrogens is 366 g/mol. The Labute approximate surface area is 171 Å². The summed E-state index contributed by atoms with van der Waals surface area (Å²) < 4.78 is 11.3. The lowest BCUT2D eigenvalue weighted by Crippen LogP contribution is -2.44. The number of para-hydroxylation sites is 1. The number of likely N-dealkylation sites (N-methyl/N-ethyl adjacent to an activating group) is 1. The van der Waals surface area contributed by atoms with E-state index >= 15 is 0 Å². The van der Waals surface area contributed by atoms with Crippen LogP contribution in [0, 0.1) is 0 Å². The summed E-state index contributed by atoms with van der Waals surface area (Å²) in [6.07, 6.45) is 0.852. The Balaban J connectivity index is 1.30. The first-order valence-electron chi connectivity index (χ1n) is 10.1. The van der Waals surface area contributed by atoms with Crippen molar-refractivity contribution in [1.29, 1.82) is 0 Å². The smallest absolute Gasteiger partial charge is 0.354 e. The number of aromatic amines is 1. The number of nitrogens with one attached hydrogen (secondary N) is 1. The summed E-state index contributed by atoms with van der Waals surface area (Å²) in [6.45, 7) is 5.77. The lowest BCUT2D eigenvalue weighted by molar-refractivity contribution is 0.0474. The van der Waals surface area contributed by atoms with Crippen LogP contribution in [0.4, 0.5) is 0 Å². The van der Waals surface area contributed by atoms with Gasteiger partial charge in [0.1, 0.15) is 17.2 Å². The highest BCUT2D eigenvalue weighted by Gasteiger charge is 2.14. The number of esters is 1. The maximum absolute atomic E-state index is 12.4. The zero-order valence-electron chi connectivity index (χ0n) is 16.8. The van der Waals surface area contributed by atoms with E-state index in [1.807, 2.05) is 54.6 Å². The number of nitrogens with zero attached hydrogens (tertiary/aromatic N) is 2. The van der Waals surface area contributed by atoms with Crippen molar-refractivity contribution in [2.24, 2.45) is 0 Å². The molecule has 0 radical (unpaired) electrons. The van der Waals surface area contributed by atoms with Crippen molar-refractivity contribution >= 4 is 16.9 Å². The number of rotatable bonds is 7. The molecule has 0 bridgehead atoms. The van der Waals surface area contributed by atoms with E-state index in [4.69, 9.17) is 9.47 Å². The standard InChI is InChI=1S/C23H27N3O3/c1-25-11-13-26(14-12-25)10-5-15-28-23(27)22-17-18-16-20(8-9-21(18)24-22)29-19-6-3-2-4-7-19/h2-4,6-9,16-17,24H,5,10-15H2,1H3. The van der Waals surface area contributed by atoms with Crippen LogP contribution in [0.1, 0.15) is 16.9 Å². The zero-order valence-corrected chi connectivity index (χ0v) is 16.8. The van der Waals surface area contributed by atoms with Gasteiger partial charge in [-0.05, 0) is 49.9 Å². The second kappa shape index (κ2) is 9.11. The minimum Gasteiger partial charge on any atom is -0.461 e. The van der Waals surface area contributed by atoms with E-state index in [-0.39, 0.29) is 5.97 Å². The zero-order chi connectivity index (χ0) is 20.1. The second-order valence-electron chi connectivity index (χ2n) is 7.48. The minimum absolute atomic E-state index is 0.315.